The van der Waals surface area contributed by atoms with E-state index in [0.29, 0.717) is 13.1 Å². The normalized spacial score (nSPS) is 10.9. The lowest BCUT2D eigenvalue weighted by Gasteiger charge is -2.20. The lowest BCUT2D eigenvalue weighted by atomic mass is 10.0. The number of hydrogen-bond acceptors (Lipinski definition) is 3. The Balaban J connectivity index is 1.89. The molecule has 0 aliphatic carbocycles. The summed E-state index contributed by atoms with van der Waals surface area (Å²) in [5.74, 6) is 0. The molecule has 0 aliphatic heterocycles. The van der Waals surface area contributed by atoms with Gasteiger partial charge in [-0.25, -0.2) is 4.79 Å². The van der Waals surface area contributed by atoms with E-state index < -0.39 is 11.7 Å². The summed E-state index contributed by atoms with van der Waals surface area (Å²) in [5.41, 5.74) is 2.88. The zero-order valence-electron chi connectivity index (χ0n) is 13.9. The fourth-order valence-corrected chi connectivity index (χ4v) is 2.18. The van der Waals surface area contributed by atoms with Crippen molar-refractivity contribution in [2.24, 2.45) is 0 Å². The molecule has 1 amide bonds. The van der Waals surface area contributed by atoms with E-state index in [2.05, 4.69) is 28.8 Å². The number of amides is 1. The van der Waals surface area contributed by atoms with Crippen LogP contribution in [0.4, 0.5) is 10.5 Å². The zero-order valence-corrected chi connectivity index (χ0v) is 13.9. The van der Waals surface area contributed by atoms with Crippen LogP contribution in [-0.4, -0.2) is 24.8 Å². The molecule has 2 aromatic rings. The maximum atomic E-state index is 11.6. The van der Waals surface area contributed by atoms with Crippen LogP contribution in [-0.2, 0) is 4.74 Å². The maximum Gasteiger partial charge on any atom is 0.407 e. The van der Waals surface area contributed by atoms with Gasteiger partial charge < -0.3 is 15.4 Å². The van der Waals surface area contributed by atoms with Gasteiger partial charge in [0, 0.05) is 24.3 Å². The monoisotopic (exact) mass is 312 g/mol. The van der Waals surface area contributed by atoms with Crippen LogP contribution >= 0.6 is 0 Å². The van der Waals surface area contributed by atoms with Gasteiger partial charge in [0.1, 0.15) is 5.60 Å². The van der Waals surface area contributed by atoms with E-state index in [1.807, 2.05) is 57.2 Å². The number of anilines is 1. The molecule has 0 fully saturated rings. The van der Waals surface area contributed by atoms with Crippen LogP contribution in [0.15, 0.2) is 54.6 Å². The molecule has 0 saturated carbocycles. The van der Waals surface area contributed by atoms with Crippen molar-refractivity contribution in [3.63, 3.8) is 0 Å². The van der Waals surface area contributed by atoms with Crippen molar-refractivity contribution >= 4 is 11.8 Å². The summed E-state index contributed by atoms with van der Waals surface area (Å²) in [5, 5.41) is 6.10. The topological polar surface area (TPSA) is 50.4 Å². The summed E-state index contributed by atoms with van der Waals surface area (Å²) in [6.07, 6.45) is -0.393. The summed E-state index contributed by atoms with van der Waals surface area (Å²) in [6, 6.07) is 18.4. The van der Waals surface area contributed by atoms with E-state index >= 15 is 0 Å². The van der Waals surface area contributed by atoms with Crippen molar-refractivity contribution in [3.8, 4) is 11.1 Å². The van der Waals surface area contributed by atoms with Crippen LogP contribution in [0.3, 0.4) is 0 Å². The molecule has 0 bridgehead atoms. The molecule has 0 saturated heterocycles. The number of para-hydroxylation sites is 1. The molecule has 0 heterocycles. The number of benzene rings is 2. The average molecular weight is 312 g/mol. The van der Waals surface area contributed by atoms with Gasteiger partial charge in [-0.3, -0.25) is 0 Å². The molecule has 0 aliphatic rings. The molecule has 122 valence electrons. The Morgan fingerprint density at radius 2 is 1.61 bits per heavy atom. The third-order valence-electron chi connectivity index (χ3n) is 3.12. The Bertz CT molecular complexity index is 633. The Kier molecular flexibility index (Phi) is 5.63. The molecule has 2 aromatic carbocycles. The highest BCUT2D eigenvalue weighted by Gasteiger charge is 2.15. The highest BCUT2D eigenvalue weighted by Crippen LogP contribution is 2.27. The quantitative estimate of drug-likeness (QED) is 0.810. The van der Waals surface area contributed by atoms with Crippen molar-refractivity contribution in [3.05, 3.63) is 54.6 Å². The fourth-order valence-electron chi connectivity index (χ4n) is 2.18. The number of ether oxygens (including phenoxy) is 1. The Morgan fingerprint density at radius 1 is 0.957 bits per heavy atom. The summed E-state index contributed by atoms with van der Waals surface area (Å²) in [7, 11) is 0. The van der Waals surface area contributed by atoms with Crippen LogP contribution in [0, 0.1) is 0 Å². The van der Waals surface area contributed by atoms with Gasteiger partial charge in [-0.2, -0.15) is 0 Å². The molecule has 2 N–H and O–H groups in total. The number of carbonyl (C=O) groups excluding carboxylic acids is 1. The van der Waals surface area contributed by atoms with E-state index in [1.165, 1.54) is 0 Å². The molecule has 4 nitrogen and oxygen atoms in total. The van der Waals surface area contributed by atoms with Crippen LogP contribution in [0.5, 0.6) is 0 Å². The Hall–Kier alpha value is -2.49. The summed E-state index contributed by atoms with van der Waals surface area (Å²) >= 11 is 0. The largest absolute Gasteiger partial charge is 0.444 e. The smallest absolute Gasteiger partial charge is 0.407 e. The van der Waals surface area contributed by atoms with E-state index in [0.717, 1.165) is 16.8 Å². The first-order valence-corrected chi connectivity index (χ1v) is 7.81. The third kappa shape index (κ3) is 5.66. The summed E-state index contributed by atoms with van der Waals surface area (Å²) in [4.78, 5) is 11.6. The fraction of sp³-hybridized carbons (Fsp3) is 0.316. The average Bonchev–Trinajstić information content (AvgIpc) is 2.51. The van der Waals surface area contributed by atoms with E-state index in [4.69, 9.17) is 4.74 Å². The predicted octanol–water partition coefficient (Wildman–Crippen LogP) is 4.29. The van der Waals surface area contributed by atoms with Crippen molar-refractivity contribution in [2.75, 3.05) is 18.4 Å². The molecule has 0 unspecified atom stereocenters. The second-order valence-corrected chi connectivity index (χ2v) is 6.27. The molecule has 2 rings (SSSR count). The van der Waals surface area contributed by atoms with Crippen LogP contribution in [0.1, 0.15) is 20.8 Å². The SMILES string of the molecule is CC(C)(C)OC(=O)NCCNc1ccccc1-c1ccccc1. The molecule has 0 atom stereocenters. The number of nitrogens with one attached hydrogen (secondary N) is 2. The standard InChI is InChI=1S/C19H24N2O2/c1-19(2,3)23-18(22)21-14-13-20-17-12-8-7-11-16(17)15-9-5-4-6-10-15/h4-12,20H,13-14H2,1-3H3,(H,21,22). The van der Waals surface area contributed by atoms with Gasteiger partial charge in [0.25, 0.3) is 0 Å². The first kappa shape index (κ1) is 16.9. The number of hydrogen-bond donors (Lipinski definition) is 2. The molecular weight excluding hydrogens is 288 g/mol. The molecule has 4 heteroatoms. The van der Waals surface area contributed by atoms with E-state index in [-0.39, 0.29) is 0 Å². The number of rotatable bonds is 5. The lowest BCUT2D eigenvalue weighted by molar-refractivity contribution is 0.0530. The van der Waals surface area contributed by atoms with Gasteiger partial charge in [0.15, 0.2) is 0 Å². The minimum atomic E-state index is -0.475. The minimum Gasteiger partial charge on any atom is -0.444 e. The van der Waals surface area contributed by atoms with Crippen molar-refractivity contribution < 1.29 is 9.53 Å². The number of alkyl carbamates (subject to hydrolysis) is 1. The Morgan fingerprint density at radius 3 is 2.30 bits per heavy atom. The van der Waals surface area contributed by atoms with Gasteiger partial charge in [-0.05, 0) is 32.4 Å². The summed E-state index contributed by atoms with van der Waals surface area (Å²) in [6.45, 7) is 6.67. The first-order valence-electron chi connectivity index (χ1n) is 7.81. The van der Waals surface area contributed by atoms with Gasteiger partial charge in [-0.1, -0.05) is 48.5 Å². The van der Waals surface area contributed by atoms with Crippen LogP contribution in [0.2, 0.25) is 0 Å². The maximum absolute atomic E-state index is 11.6. The van der Waals surface area contributed by atoms with E-state index in [9.17, 15) is 4.79 Å². The molecule has 0 radical (unpaired) electrons. The van der Waals surface area contributed by atoms with Crippen molar-refractivity contribution in [1.29, 1.82) is 0 Å². The van der Waals surface area contributed by atoms with Gasteiger partial charge in [0.05, 0.1) is 0 Å². The minimum absolute atomic E-state index is 0.393. The predicted molar refractivity (Wildman–Crippen MR) is 94.6 cm³/mol. The molecular formula is C19H24N2O2. The highest BCUT2D eigenvalue weighted by molar-refractivity contribution is 5.77. The van der Waals surface area contributed by atoms with Gasteiger partial charge >= 0.3 is 6.09 Å². The first-order chi connectivity index (χ1) is 11.0. The second kappa shape index (κ2) is 7.68. The van der Waals surface area contributed by atoms with Crippen molar-refractivity contribution in [2.45, 2.75) is 26.4 Å². The van der Waals surface area contributed by atoms with Crippen LogP contribution < -0.4 is 10.6 Å². The van der Waals surface area contributed by atoms with Crippen LogP contribution in [0.25, 0.3) is 11.1 Å². The zero-order chi connectivity index (χ0) is 16.7. The lowest BCUT2D eigenvalue weighted by Crippen LogP contribution is -2.35. The Labute approximate surface area is 137 Å². The summed E-state index contributed by atoms with van der Waals surface area (Å²) < 4.78 is 5.21. The van der Waals surface area contributed by atoms with Crippen molar-refractivity contribution in [1.82, 2.24) is 5.32 Å². The highest BCUT2D eigenvalue weighted by atomic mass is 16.6. The second-order valence-electron chi connectivity index (χ2n) is 6.27. The van der Waals surface area contributed by atoms with Gasteiger partial charge in [-0.15, -0.1) is 0 Å². The molecule has 23 heavy (non-hydrogen) atoms. The number of carbonyl (C=O) groups is 1. The van der Waals surface area contributed by atoms with E-state index in [1.54, 1.807) is 0 Å². The van der Waals surface area contributed by atoms with Gasteiger partial charge in [0.2, 0.25) is 0 Å². The third-order valence-corrected chi connectivity index (χ3v) is 3.12. The molecule has 0 spiro atoms. The molecule has 0 aromatic heterocycles.